The zero-order valence-corrected chi connectivity index (χ0v) is 59.1. The van der Waals surface area contributed by atoms with Crippen LogP contribution in [0.1, 0.15) is 348 Å². The van der Waals surface area contributed by atoms with Crippen LogP contribution in [0.25, 0.3) is 0 Å². The zero-order chi connectivity index (χ0) is 64.7. The Morgan fingerprint density at radius 2 is 0.640 bits per heavy atom. The van der Waals surface area contributed by atoms with Gasteiger partial charge in [-0.2, -0.15) is 0 Å². The zero-order valence-electron chi connectivity index (χ0n) is 59.1. The van der Waals surface area contributed by atoms with Crippen LogP contribution in [-0.4, -0.2) is 87.4 Å². The van der Waals surface area contributed by atoms with Crippen LogP contribution in [0.15, 0.2) is 85.1 Å². The number of carboxylic acids is 1. The van der Waals surface area contributed by atoms with Gasteiger partial charge in [0.15, 0.2) is 6.10 Å². The first-order valence-electron chi connectivity index (χ1n) is 37.8. The molecule has 0 aliphatic rings. The Balaban J connectivity index is 4.05. The molecule has 0 aliphatic carbocycles. The molecule has 0 amide bonds. The number of ether oxygens (including phenoxy) is 4. The van der Waals surface area contributed by atoms with Gasteiger partial charge >= 0.3 is 17.9 Å². The van der Waals surface area contributed by atoms with Gasteiger partial charge in [0.1, 0.15) is 13.2 Å². The van der Waals surface area contributed by atoms with Crippen molar-refractivity contribution >= 4 is 17.9 Å². The first-order valence-corrected chi connectivity index (χ1v) is 37.8. The van der Waals surface area contributed by atoms with E-state index < -0.39 is 24.3 Å². The van der Waals surface area contributed by atoms with Gasteiger partial charge in [-0.1, -0.05) is 349 Å². The third kappa shape index (κ3) is 71.8. The molecular weight excluding hydrogens is 1100 g/mol. The van der Waals surface area contributed by atoms with Gasteiger partial charge in [-0.05, 0) is 70.6 Å². The molecule has 0 fully saturated rings. The first-order chi connectivity index (χ1) is 43.6. The average molecular weight is 1250 g/mol. The molecule has 0 saturated carbocycles. The van der Waals surface area contributed by atoms with E-state index in [4.69, 9.17) is 18.9 Å². The van der Waals surface area contributed by atoms with Crippen molar-refractivity contribution in [3.05, 3.63) is 85.1 Å². The molecule has 89 heavy (non-hydrogen) atoms. The maximum Gasteiger partial charge on any atom is 0.361 e. The van der Waals surface area contributed by atoms with Gasteiger partial charge in [-0.3, -0.25) is 9.59 Å². The number of likely N-dealkylation sites (N-methyl/N-ethyl adjacent to an activating group) is 1. The molecule has 0 spiro atoms. The van der Waals surface area contributed by atoms with Crippen LogP contribution in [0.4, 0.5) is 0 Å². The molecule has 9 heteroatoms. The lowest BCUT2D eigenvalue weighted by atomic mass is 10.0. The summed E-state index contributed by atoms with van der Waals surface area (Å²) in [5, 5.41) is 9.75. The minimum atomic E-state index is -1.52. The summed E-state index contributed by atoms with van der Waals surface area (Å²) in [6.45, 7) is 4.78. The van der Waals surface area contributed by atoms with E-state index in [1.165, 1.54) is 218 Å². The fourth-order valence-electron chi connectivity index (χ4n) is 10.9. The largest absolute Gasteiger partial charge is 0.477 e. The molecule has 0 aromatic heterocycles. The van der Waals surface area contributed by atoms with E-state index in [-0.39, 0.29) is 32.2 Å². The number of unbranched alkanes of at least 4 members (excludes halogenated alkanes) is 41. The van der Waals surface area contributed by atoms with Crippen molar-refractivity contribution in [3.63, 3.8) is 0 Å². The van der Waals surface area contributed by atoms with Gasteiger partial charge in [0, 0.05) is 12.8 Å². The molecule has 2 unspecified atom stereocenters. The van der Waals surface area contributed by atoms with Crippen LogP contribution in [0.3, 0.4) is 0 Å². The van der Waals surface area contributed by atoms with Crippen LogP contribution < -0.4 is 0 Å². The molecule has 516 valence electrons. The lowest BCUT2D eigenvalue weighted by molar-refractivity contribution is -0.870. The molecule has 1 N–H and O–H groups in total. The van der Waals surface area contributed by atoms with E-state index in [1.807, 2.05) is 21.1 Å². The molecule has 9 nitrogen and oxygen atoms in total. The summed E-state index contributed by atoms with van der Waals surface area (Å²) in [6.07, 6.45) is 93.0. The van der Waals surface area contributed by atoms with E-state index in [9.17, 15) is 19.5 Å². The highest BCUT2D eigenvalue weighted by Gasteiger charge is 2.25. The van der Waals surface area contributed by atoms with Gasteiger partial charge in [-0.15, -0.1) is 0 Å². The molecule has 2 atom stereocenters. The number of carboxylic acid groups (broad SMARTS) is 1. The monoisotopic (exact) mass is 1250 g/mol. The van der Waals surface area contributed by atoms with Gasteiger partial charge in [0.2, 0.25) is 0 Å². The maximum absolute atomic E-state index is 12.9. The molecular formula is C80H144NO8+. The lowest BCUT2D eigenvalue weighted by Gasteiger charge is -2.25. The summed E-state index contributed by atoms with van der Waals surface area (Å²) >= 11 is 0. The number of carbonyl (C=O) groups excluding carboxylic acids is 2. The van der Waals surface area contributed by atoms with Crippen LogP contribution in [-0.2, 0) is 33.3 Å². The van der Waals surface area contributed by atoms with Crippen LogP contribution in [0, 0.1) is 0 Å². The number of aliphatic carboxylic acids is 1. The number of allylic oxidation sites excluding steroid dienone is 14. The normalized spacial score (nSPS) is 13.1. The third-order valence-electron chi connectivity index (χ3n) is 16.7. The second-order valence-corrected chi connectivity index (χ2v) is 26.6. The van der Waals surface area contributed by atoms with Gasteiger partial charge in [-0.25, -0.2) is 4.79 Å². The average Bonchev–Trinajstić information content (AvgIpc) is 3.64. The van der Waals surface area contributed by atoms with E-state index in [2.05, 4.69) is 98.9 Å². The Kier molecular flexibility index (Phi) is 67.6. The Morgan fingerprint density at radius 3 is 0.955 bits per heavy atom. The molecule has 0 aromatic carbocycles. The van der Waals surface area contributed by atoms with Crippen molar-refractivity contribution in [1.82, 2.24) is 0 Å². The number of esters is 2. The molecule has 0 radical (unpaired) electrons. The van der Waals surface area contributed by atoms with Crippen LogP contribution >= 0.6 is 0 Å². The molecule has 0 saturated heterocycles. The van der Waals surface area contributed by atoms with Crippen LogP contribution in [0.5, 0.6) is 0 Å². The molecule has 0 heterocycles. The van der Waals surface area contributed by atoms with Crippen LogP contribution in [0.2, 0.25) is 0 Å². The second-order valence-electron chi connectivity index (χ2n) is 26.6. The summed E-state index contributed by atoms with van der Waals surface area (Å²) in [4.78, 5) is 37.7. The summed E-state index contributed by atoms with van der Waals surface area (Å²) in [5.74, 6) is -2.02. The highest BCUT2D eigenvalue weighted by molar-refractivity contribution is 5.71. The second kappa shape index (κ2) is 70.3. The van der Waals surface area contributed by atoms with Crippen molar-refractivity contribution < 1.29 is 42.9 Å². The summed E-state index contributed by atoms with van der Waals surface area (Å²) in [5.41, 5.74) is 0. The summed E-state index contributed by atoms with van der Waals surface area (Å²) in [6, 6.07) is 0. The number of quaternary nitrogens is 1. The molecule has 0 rings (SSSR count). The minimum Gasteiger partial charge on any atom is -0.477 e. The highest BCUT2D eigenvalue weighted by atomic mass is 16.7. The smallest absolute Gasteiger partial charge is 0.361 e. The quantitative estimate of drug-likeness (QED) is 0.0211. The summed E-state index contributed by atoms with van der Waals surface area (Å²) < 4.78 is 23.0. The SMILES string of the molecule is CC/C=C\C/C=C\C/C=C\C/C=C\C/C=C\C/C=C\C/C=C\CCCCCCCC(=O)OC(COC(=O)CCCCCCCCCCCCCCCCCCCCCCCCCCCCCCCCCCCCCCC)COC(OCC[N+](C)(C)C)C(=O)O. The standard InChI is InChI=1S/C80H143NO8/c1-6-8-10-12-14-16-18-20-22-24-26-28-30-32-34-35-36-37-38-39-40-41-42-43-45-46-48-50-52-54-56-58-60-62-64-66-68-70-77(82)87-74-76(75-88-80(79(84)85)86-73-72-81(3,4)5)89-78(83)71-69-67-65-63-61-59-57-55-53-51-49-47-44-33-31-29-27-25-23-21-19-17-15-13-11-9-7-2/h9,11,15,17,21,23,27,29,33,44,49,51,55,57,76,80H,6-8,10,12-14,16,18-20,22,24-26,28,30-32,34-43,45-48,50,52-54,56,58-75H2,1-5H3/p+1/b11-9-,17-15-,23-21-,29-27-,44-33-,51-49-,57-55-. The van der Waals surface area contributed by atoms with Crippen molar-refractivity contribution in [3.8, 4) is 0 Å². The number of carbonyl (C=O) groups is 3. The van der Waals surface area contributed by atoms with E-state index >= 15 is 0 Å². The fraction of sp³-hybridized carbons (Fsp3) is 0.787. The molecule has 0 bridgehead atoms. The number of rotatable bonds is 70. The summed E-state index contributed by atoms with van der Waals surface area (Å²) in [7, 11) is 5.97. The third-order valence-corrected chi connectivity index (χ3v) is 16.7. The lowest BCUT2D eigenvalue weighted by Crippen LogP contribution is -2.40. The predicted molar refractivity (Wildman–Crippen MR) is 382 cm³/mol. The number of nitrogens with zero attached hydrogens (tertiary/aromatic N) is 1. The number of hydrogen-bond donors (Lipinski definition) is 1. The molecule has 0 aliphatic heterocycles. The van der Waals surface area contributed by atoms with Gasteiger partial charge < -0.3 is 28.5 Å². The van der Waals surface area contributed by atoms with E-state index in [1.54, 1.807) is 0 Å². The van der Waals surface area contributed by atoms with Crippen molar-refractivity contribution in [1.29, 1.82) is 0 Å². The highest BCUT2D eigenvalue weighted by Crippen LogP contribution is 2.19. The first kappa shape index (κ1) is 85.5. The Labute approximate surface area is 550 Å². The van der Waals surface area contributed by atoms with Crippen molar-refractivity contribution in [2.75, 3.05) is 47.5 Å². The van der Waals surface area contributed by atoms with E-state index in [0.29, 0.717) is 23.9 Å². The predicted octanol–water partition coefficient (Wildman–Crippen LogP) is 23.8. The fourth-order valence-corrected chi connectivity index (χ4v) is 10.9. The maximum atomic E-state index is 12.9. The van der Waals surface area contributed by atoms with Gasteiger partial charge in [0.25, 0.3) is 6.29 Å². The Morgan fingerprint density at radius 1 is 0.348 bits per heavy atom. The van der Waals surface area contributed by atoms with E-state index in [0.717, 1.165) is 96.3 Å². The Bertz CT molecular complexity index is 1740. The van der Waals surface area contributed by atoms with Crippen molar-refractivity contribution in [2.45, 2.75) is 360 Å². The minimum absolute atomic E-state index is 0.181. The topological polar surface area (TPSA) is 108 Å². The Hall–Kier alpha value is -3.53. The number of hydrogen-bond acceptors (Lipinski definition) is 7. The van der Waals surface area contributed by atoms with Crippen molar-refractivity contribution in [2.24, 2.45) is 0 Å². The van der Waals surface area contributed by atoms with Gasteiger partial charge in [0.05, 0.1) is 34.4 Å². The molecule has 0 aromatic rings.